The van der Waals surface area contributed by atoms with Crippen LogP contribution >= 0.6 is 11.6 Å². The van der Waals surface area contributed by atoms with Gasteiger partial charge in [0.05, 0.1) is 12.8 Å². The third-order valence-electron chi connectivity index (χ3n) is 5.11. The number of sulfonamides is 1. The van der Waals surface area contributed by atoms with E-state index < -0.39 is 15.9 Å². The van der Waals surface area contributed by atoms with E-state index in [1.54, 1.807) is 18.2 Å². The number of hydrazone groups is 1. The van der Waals surface area contributed by atoms with Crippen LogP contribution < -0.4 is 20.2 Å². The van der Waals surface area contributed by atoms with Crippen molar-refractivity contribution < 1.29 is 17.9 Å². The molecule has 0 heterocycles. The molecule has 2 aromatic carbocycles. The van der Waals surface area contributed by atoms with Crippen LogP contribution in [-0.4, -0.2) is 33.2 Å². The molecule has 1 fully saturated rings. The molecule has 1 aliphatic rings. The maximum Gasteiger partial charge on any atom is 0.282 e. The lowest BCUT2D eigenvalue weighted by molar-refractivity contribution is -0.115. The number of carbonyl (C=O) groups excluding carboxylic acids is 1. The summed E-state index contributed by atoms with van der Waals surface area (Å²) in [6.07, 6.45) is 4.96. The van der Waals surface area contributed by atoms with Crippen molar-refractivity contribution >= 4 is 44.6 Å². The molecule has 2 aromatic rings. The van der Waals surface area contributed by atoms with E-state index >= 15 is 0 Å². The zero-order valence-electron chi connectivity index (χ0n) is 18.0. The second-order valence-corrected chi connectivity index (χ2v) is 9.56. The molecule has 0 unspecified atom stereocenters. The molecule has 1 saturated carbocycles. The largest absolute Gasteiger partial charge is 0.495 e. The minimum absolute atomic E-state index is 0.0291. The van der Waals surface area contributed by atoms with E-state index in [9.17, 15) is 18.5 Å². The highest BCUT2D eigenvalue weighted by molar-refractivity contribution is 7.92. The third-order valence-corrected chi connectivity index (χ3v) is 6.76. The van der Waals surface area contributed by atoms with Gasteiger partial charge in [-0.2, -0.15) is 10.4 Å². The molecule has 0 spiro atoms. The Morgan fingerprint density at radius 3 is 2.42 bits per heavy atom. The van der Waals surface area contributed by atoms with Gasteiger partial charge in [-0.1, -0.05) is 30.9 Å². The fraction of sp³-hybridized carbons (Fsp3) is 0.318. The second-order valence-electron chi connectivity index (χ2n) is 7.47. The van der Waals surface area contributed by atoms with Gasteiger partial charge in [-0.25, -0.2) is 8.42 Å². The molecule has 0 atom stereocenters. The SMILES string of the molecule is COc1ccc(N/N=C(/C#N)C(=O)NC2CCCCC2)cc1S(=O)(=O)Nc1ccc(Cl)cc1. The Hall–Kier alpha value is -3.29. The van der Waals surface area contributed by atoms with Gasteiger partial charge >= 0.3 is 0 Å². The zero-order chi connectivity index (χ0) is 23.8. The van der Waals surface area contributed by atoms with E-state index in [0.29, 0.717) is 10.7 Å². The topological polar surface area (TPSA) is 133 Å². The summed E-state index contributed by atoms with van der Waals surface area (Å²) in [6, 6.07) is 12.3. The molecule has 0 saturated heterocycles. The Balaban J connectivity index is 1.78. The van der Waals surface area contributed by atoms with Crippen LogP contribution in [0.1, 0.15) is 32.1 Å². The predicted molar refractivity (Wildman–Crippen MR) is 127 cm³/mol. The number of hydrogen-bond acceptors (Lipinski definition) is 7. The number of amides is 1. The van der Waals surface area contributed by atoms with E-state index in [2.05, 4.69) is 20.6 Å². The van der Waals surface area contributed by atoms with Gasteiger partial charge < -0.3 is 10.1 Å². The monoisotopic (exact) mass is 489 g/mol. The zero-order valence-corrected chi connectivity index (χ0v) is 19.5. The summed E-state index contributed by atoms with van der Waals surface area (Å²) in [5.74, 6) is -0.454. The number of nitrogens with zero attached hydrogens (tertiary/aromatic N) is 2. The fourth-order valence-corrected chi connectivity index (χ4v) is 4.81. The van der Waals surface area contributed by atoms with E-state index in [0.717, 1.165) is 32.1 Å². The number of halogens is 1. The fourth-order valence-electron chi connectivity index (χ4n) is 3.43. The summed E-state index contributed by atoms with van der Waals surface area (Å²) >= 11 is 5.85. The minimum atomic E-state index is -4.02. The lowest BCUT2D eigenvalue weighted by Gasteiger charge is -2.22. The first-order valence-corrected chi connectivity index (χ1v) is 12.2. The van der Waals surface area contributed by atoms with Crippen molar-refractivity contribution in [2.75, 3.05) is 17.3 Å². The number of carbonyl (C=O) groups is 1. The normalized spacial score (nSPS) is 14.8. The number of nitriles is 1. The van der Waals surface area contributed by atoms with Crippen LogP contribution in [0.5, 0.6) is 5.75 Å². The van der Waals surface area contributed by atoms with Gasteiger partial charge in [-0.05, 0) is 55.3 Å². The molecule has 1 aliphatic carbocycles. The Kier molecular flexibility index (Phi) is 8.14. The molecule has 3 rings (SSSR count). The highest BCUT2D eigenvalue weighted by Crippen LogP contribution is 2.29. The molecule has 0 aromatic heterocycles. The van der Waals surface area contributed by atoms with Crippen molar-refractivity contribution in [1.29, 1.82) is 5.26 Å². The van der Waals surface area contributed by atoms with Crippen molar-refractivity contribution in [3.05, 3.63) is 47.5 Å². The number of hydrogen-bond donors (Lipinski definition) is 3. The Morgan fingerprint density at radius 2 is 1.79 bits per heavy atom. The van der Waals surface area contributed by atoms with Gasteiger partial charge in [0.1, 0.15) is 16.7 Å². The molecular formula is C22H24ClN5O4S. The van der Waals surface area contributed by atoms with Gasteiger partial charge in [0.15, 0.2) is 0 Å². The molecule has 3 N–H and O–H groups in total. The summed E-state index contributed by atoms with van der Waals surface area (Å²) in [7, 11) is -2.67. The van der Waals surface area contributed by atoms with Crippen LogP contribution in [0.3, 0.4) is 0 Å². The van der Waals surface area contributed by atoms with Crippen LogP contribution in [0.2, 0.25) is 5.02 Å². The summed E-state index contributed by atoms with van der Waals surface area (Å²) < 4.78 is 33.5. The third kappa shape index (κ3) is 6.60. The van der Waals surface area contributed by atoms with Crippen LogP contribution in [0, 0.1) is 11.3 Å². The van der Waals surface area contributed by atoms with Gasteiger partial charge in [-0.3, -0.25) is 14.9 Å². The Labute approximate surface area is 197 Å². The number of benzene rings is 2. The first-order chi connectivity index (χ1) is 15.8. The van der Waals surface area contributed by atoms with Crippen LogP contribution in [0.25, 0.3) is 0 Å². The van der Waals surface area contributed by atoms with E-state index in [4.69, 9.17) is 16.3 Å². The van der Waals surface area contributed by atoms with Crippen LogP contribution in [0.4, 0.5) is 11.4 Å². The molecule has 0 bridgehead atoms. The summed E-state index contributed by atoms with van der Waals surface area (Å²) in [5.41, 5.74) is 2.82. The molecule has 0 radical (unpaired) electrons. The lowest BCUT2D eigenvalue weighted by atomic mass is 9.95. The maximum atomic E-state index is 12.9. The van der Waals surface area contributed by atoms with Crippen molar-refractivity contribution in [2.24, 2.45) is 5.10 Å². The molecule has 1 amide bonds. The standard InChI is InChI=1S/C22H24ClN5O4S/c1-32-20-12-11-18(13-21(20)33(30,31)28-17-9-7-15(23)8-10-17)26-27-19(14-24)22(29)25-16-5-3-2-4-6-16/h7-13,16,26,28H,2-6H2,1H3,(H,25,29)/b27-19-. The Bertz CT molecular complexity index is 1170. The molecule has 0 aliphatic heterocycles. The van der Waals surface area contributed by atoms with Gasteiger partial charge in [0.2, 0.25) is 5.71 Å². The number of ether oxygens (including phenoxy) is 1. The number of anilines is 2. The molecular weight excluding hydrogens is 466 g/mol. The quantitative estimate of drug-likeness (QED) is 0.380. The van der Waals surface area contributed by atoms with E-state index in [-0.39, 0.29) is 28.1 Å². The van der Waals surface area contributed by atoms with Gasteiger partial charge in [0.25, 0.3) is 15.9 Å². The van der Waals surface area contributed by atoms with Crippen molar-refractivity contribution in [2.45, 2.75) is 43.0 Å². The highest BCUT2D eigenvalue weighted by Gasteiger charge is 2.22. The van der Waals surface area contributed by atoms with Crippen LogP contribution in [0.15, 0.2) is 52.5 Å². The summed E-state index contributed by atoms with van der Waals surface area (Å²) in [6.45, 7) is 0. The summed E-state index contributed by atoms with van der Waals surface area (Å²) in [5, 5.41) is 16.5. The summed E-state index contributed by atoms with van der Waals surface area (Å²) in [4.78, 5) is 12.2. The van der Waals surface area contributed by atoms with Crippen molar-refractivity contribution in [3.8, 4) is 11.8 Å². The molecule has 11 heteroatoms. The molecule has 9 nitrogen and oxygen atoms in total. The molecule has 174 valence electrons. The smallest absolute Gasteiger partial charge is 0.282 e. The highest BCUT2D eigenvalue weighted by atomic mass is 35.5. The Morgan fingerprint density at radius 1 is 1.12 bits per heavy atom. The van der Waals surface area contributed by atoms with Crippen LogP contribution in [-0.2, 0) is 14.8 Å². The second kappa shape index (κ2) is 11.0. The predicted octanol–water partition coefficient (Wildman–Crippen LogP) is 3.89. The first-order valence-electron chi connectivity index (χ1n) is 10.3. The lowest BCUT2D eigenvalue weighted by Crippen LogP contribution is -2.40. The average Bonchev–Trinajstić information content (AvgIpc) is 2.81. The van der Waals surface area contributed by atoms with E-state index in [1.807, 2.05) is 0 Å². The van der Waals surface area contributed by atoms with Gasteiger partial charge in [-0.15, -0.1) is 0 Å². The number of methoxy groups -OCH3 is 1. The number of nitrogens with one attached hydrogen (secondary N) is 3. The van der Waals surface area contributed by atoms with E-state index in [1.165, 1.54) is 37.4 Å². The average molecular weight is 490 g/mol. The van der Waals surface area contributed by atoms with Crippen molar-refractivity contribution in [3.63, 3.8) is 0 Å². The van der Waals surface area contributed by atoms with Crippen molar-refractivity contribution in [1.82, 2.24) is 5.32 Å². The number of rotatable bonds is 8. The molecule has 33 heavy (non-hydrogen) atoms. The minimum Gasteiger partial charge on any atom is -0.495 e. The van der Waals surface area contributed by atoms with Gasteiger partial charge in [0, 0.05) is 16.8 Å². The first kappa shape index (κ1) is 24.4. The maximum absolute atomic E-state index is 12.9.